The quantitative estimate of drug-likeness (QED) is 0.0202. The maximum absolute atomic E-state index is 12.3. The van der Waals surface area contributed by atoms with Crippen LogP contribution in [0, 0.1) is 0 Å². The maximum Gasteiger partial charge on any atom is 0.472 e. The molecule has 0 heterocycles. The van der Waals surface area contributed by atoms with Crippen molar-refractivity contribution in [2.24, 2.45) is 0 Å². The zero-order valence-corrected chi connectivity index (χ0v) is 36.5. The van der Waals surface area contributed by atoms with Crippen LogP contribution >= 0.6 is 7.82 Å². The van der Waals surface area contributed by atoms with Gasteiger partial charge in [0.2, 0.25) is 5.91 Å². The van der Waals surface area contributed by atoms with E-state index in [1.54, 1.807) is 0 Å². The molecular formula is C46H76NO10P. The first kappa shape index (κ1) is 54.7. The minimum atomic E-state index is -4.78. The van der Waals surface area contributed by atoms with E-state index >= 15 is 0 Å². The van der Waals surface area contributed by atoms with Gasteiger partial charge in [0.1, 0.15) is 12.7 Å². The lowest BCUT2D eigenvalue weighted by atomic mass is 10.1. The number of ether oxygens (including phenoxy) is 1. The Labute approximate surface area is 350 Å². The van der Waals surface area contributed by atoms with Crippen molar-refractivity contribution >= 4 is 25.7 Å². The van der Waals surface area contributed by atoms with E-state index in [0.29, 0.717) is 19.3 Å². The van der Waals surface area contributed by atoms with Crippen molar-refractivity contribution in [2.75, 3.05) is 19.8 Å². The number of aliphatic hydroxyl groups excluding tert-OH is 1. The predicted molar refractivity (Wildman–Crippen MR) is 235 cm³/mol. The zero-order valence-electron chi connectivity index (χ0n) is 35.6. The first-order valence-electron chi connectivity index (χ1n) is 21.6. The van der Waals surface area contributed by atoms with Crippen LogP contribution in [-0.4, -0.2) is 64.9 Å². The molecule has 0 aromatic carbocycles. The Morgan fingerprint density at radius 1 is 0.569 bits per heavy atom. The minimum Gasteiger partial charge on any atom is -0.480 e. The molecule has 4 N–H and O–H groups in total. The lowest BCUT2D eigenvalue weighted by Gasteiger charge is -2.18. The molecule has 0 fully saturated rings. The molecule has 0 aliphatic rings. The number of hydrogen-bond donors (Lipinski definition) is 4. The molecule has 0 aliphatic carbocycles. The van der Waals surface area contributed by atoms with Crippen LogP contribution in [0.3, 0.4) is 0 Å². The molecule has 0 bridgehead atoms. The lowest BCUT2D eigenvalue weighted by molar-refractivity contribution is -0.147. The molecule has 3 atom stereocenters. The van der Waals surface area contributed by atoms with Gasteiger partial charge in [-0.15, -0.1) is 0 Å². The summed E-state index contributed by atoms with van der Waals surface area (Å²) in [6.07, 6.45) is 49.0. The second kappa shape index (κ2) is 40.4. The topological polar surface area (TPSA) is 169 Å². The number of hydrogen-bond acceptors (Lipinski definition) is 8. The van der Waals surface area contributed by atoms with E-state index in [0.717, 1.165) is 64.2 Å². The Hall–Kier alpha value is -3.34. The Morgan fingerprint density at radius 2 is 1.02 bits per heavy atom. The highest BCUT2D eigenvalue weighted by atomic mass is 31.2. The highest BCUT2D eigenvalue weighted by molar-refractivity contribution is 7.47. The van der Waals surface area contributed by atoms with Crippen molar-refractivity contribution in [2.45, 2.75) is 167 Å². The van der Waals surface area contributed by atoms with E-state index in [1.165, 1.54) is 44.9 Å². The van der Waals surface area contributed by atoms with Crippen LogP contribution in [0.25, 0.3) is 0 Å². The number of allylic oxidation sites excluding steroid dienone is 14. The number of rotatable bonds is 39. The van der Waals surface area contributed by atoms with Crippen LogP contribution in [0.5, 0.6) is 0 Å². The SMILES string of the molecule is CC/C=C\C/C=C\C/C=C\C/C=C\C/C=C\CCCC(=O)NC(COP(=O)(O)OCC(O)COC(=O)CCCCCCCCC/C=C\C/C=C\CCCCC)C(=O)O. The van der Waals surface area contributed by atoms with Gasteiger partial charge in [-0.05, 0) is 83.5 Å². The fraction of sp³-hybridized carbons (Fsp3) is 0.630. The van der Waals surface area contributed by atoms with Gasteiger partial charge in [0.15, 0.2) is 6.04 Å². The fourth-order valence-corrected chi connectivity index (χ4v) is 6.09. The largest absolute Gasteiger partial charge is 0.480 e. The van der Waals surface area contributed by atoms with Crippen molar-refractivity contribution in [3.8, 4) is 0 Å². The van der Waals surface area contributed by atoms with Crippen LogP contribution in [0.15, 0.2) is 85.1 Å². The van der Waals surface area contributed by atoms with Crippen LogP contribution in [0.4, 0.5) is 0 Å². The molecule has 0 aromatic rings. The van der Waals surface area contributed by atoms with Crippen molar-refractivity contribution in [3.05, 3.63) is 85.1 Å². The molecule has 58 heavy (non-hydrogen) atoms. The number of aliphatic hydroxyl groups is 1. The van der Waals surface area contributed by atoms with Gasteiger partial charge in [-0.1, -0.05) is 144 Å². The summed E-state index contributed by atoms with van der Waals surface area (Å²) in [6, 6.07) is -1.58. The van der Waals surface area contributed by atoms with Gasteiger partial charge in [-0.25, -0.2) is 9.36 Å². The van der Waals surface area contributed by atoms with Gasteiger partial charge in [0.25, 0.3) is 0 Å². The number of carbonyl (C=O) groups is 3. The first-order chi connectivity index (χ1) is 28.1. The highest BCUT2D eigenvalue weighted by Gasteiger charge is 2.28. The Kier molecular flexibility index (Phi) is 38.1. The molecule has 11 nitrogen and oxygen atoms in total. The molecule has 12 heteroatoms. The van der Waals surface area contributed by atoms with Crippen molar-refractivity contribution in [1.29, 1.82) is 0 Å². The van der Waals surface area contributed by atoms with Gasteiger partial charge in [0.05, 0.1) is 13.2 Å². The van der Waals surface area contributed by atoms with Gasteiger partial charge in [-0.2, -0.15) is 0 Å². The normalized spacial score (nSPS) is 14.6. The number of unbranched alkanes of at least 4 members (excludes halogenated alkanes) is 11. The van der Waals surface area contributed by atoms with E-state index in [2.05, 4.69) is 92.1 Å². The number of phosphoric ester groups is 1. The number of carboxylic acids is 1. The predicted octanol–water partition coefficient (Wildman–Crippen LogP) is 11.1. The molecule has 0 saturated carbocycles. The third kappa shape index (κ3) is 39.5. The second-order valence-corrected chi connectivity index (χ2v) is 15.6. The van der Waals surface area contributed by atoms with Gasteiger partial charge >= 0.3 is 19.8 Å². The number of carboxylic acid groups (broad SMARTS) is 1. The van der Waals surface area contributed by atoms with Crippen molar-refractivity contribution < 1.29 is 47.8 Å². The molecule has 0 saturated heterocycles. The lowest BCUT2D eigenvalue weighted by Crippen LogP contribution is -2.43. The Bertz CT molecular complexity index is 1300. The first-order valence-corrected chi connectivity index (χ1v) is 23.1. The summed E-state index contributed by atoms with van der Waals surface area (Å²) in [4.78, 5) is 45.9. The summed E-state index contributed by atoms with van der Waals surface area (Å²) in [5.74, 6) is -2.48. The number of carbonyl (C=O) groups excluding carboxylic acids is 2. The fourth-order valence-electron chi connectivity index (χ4n) is 5.32. The molecule has 0 radical (unpaired) electrons. The third-order valence-electron chi connectivity index (χ3n) is 8.67. The molecule has 0 spiro atoms. The van der Waals surface area contributed by atoms with E-state index in [9.17, 15) is 34.1 Å². The van der Waals surface area contributed by atoms with E-state index in [-0.39, 0.29) is 12.8 Å². The number of amides is 1. The number of phosphoric acid groups is 1. The standard InChI is InChI=1S/C46H76NO10P/c1-3-5-7-9-11-13-15-17-19-21-23-25-27-29-31-33-35-37-44(49)47-43(46(51)52)41-57-58(53,54)56-40-42(48)39-55-45(50)38-36-34-32-30-28-26-24-22-20-18-16-14-12-10-8-6-4-2/h5,7,11-14,17-20,23,25,29,31,42-43,48H,3-4,6,8-10,15-16,21-22,24,26-28,30,32-41H2,1-2H3,(H,47,49)(H,51,52)(H,53,54)/b7-5-,13-11-,14-12-,19-17-,20-18-,25-23-,31-29-. The molecule has 330 valence electrons. The van der Waals surface area contributed by atoms with Crippen molar-refractivity contribution in [1.82, 2.24) is 5.32 Å². The summed E-state index contributed by atoms with van der Waals surface area (Å²) in [6.45, 7) is 2.39. The van der Waals surface area contributed by atoms with Gasteiger partial charge in [0, 0.05) is 12.8 Å². The molecule has 0 rings (SSSR count). The monoisotopic (exact) mass is 834 g/mol. The number of nitrogens with one attached hydrogen (secondary N) is 1. The number of esters is 1. The van der Waals surface area contributed by atoms with Crippen LogP contribution < -0.4 is 5.32 Å². The van der Waals surface area contributed by atoms with Crippen molar-refractivity contribution in [3.63, 3.8) is 0 Å². The minimum absolute atomic E-state index is 0.0620. The summed E-state index contributed by atoms with van der Waals surface area (Å²) in [7, 11) is -4.78. The third-order valence-corrected chi connectivity index (χ3v) is 9.62. The average molecular weight is 834 g/mol. The molecule has 1 amide bonds. The maximum atomic E-state index is 12.3. The summed E-state index contributed by atoms with van der Waals surface area (Å²) in [5, 5.41) is 21.8. The zero-order chi connectivity index (χ0) is 42.8. The van der Waals surface area contributed by atoms with Gasteiger partial charge < -0.3 is 25.2 Å². The molecular weight excluding hydrogens is 757 g/mol. The molecule has 3 unspecified atom stereocenters. The smallest absolute Gasteiger partial charge is 0.472 e. The second-order valence-electron chi connectivity index (χ2n) is 14.1. The Balaban J connectivity index is 4.01. The molecule has 0 aliphatic heterocycles. The van der Waals surface area contributed by atoms with Crippen LogP contribution in [0.2, 0.25) is 0 Å². The summed E-state index contributed by atoms with van der Waals surface area (Å²) in [5.41, 5.74) is 0. The summed E-state index contributed by atoms with van der Waals surface area (Å²) < 4.78 is 26.8. The molecule has 0 aromatic heterocycles. The highest BCUT2D eigenvalue weighted by Crippen LogP contribution is 2.43. The van der Waals surface area contributed by atoms with Crippen LogP contribution in [-0.2, 0) is 32.7 Å². The van der Waals surface area contributed by atoms with Crippen LogP contribution in [0.1, 0.15) is 155 Å². The van der Waals surface area contributed by atoms with E-state index < -0.39 is 57.6 Å². The van der Waals surface area contributed by atoms with Gasteiger partial charge in [-0.3, -0.25) is 18.6 Å². The van der Waals surface area contributed by atoms with E-state index in [4.69, 9.17) is 13.8 Å². The van der Waals surface area contributed by atoms with E-state index in [1.807, 2.05) is 12.2 Å². The number of aliphatic carboxylic acids is 1. The Morgan fingerprint density at radius 3 is 1.53 bits per heavy atom. The average Bonchev–Trinajstić information content (AvgIpc) is 3.20. The summed E-state index contributed by atoms with van der Waals surface area (Å²) >= 11 is 0.